The van der Waals surface area contributed by atoms with E-state index in [0.29, 0.717) is 0 Å². The van der Waals surface area contributed by atoms with E-state index in [1.54, 1.807) is 0 Å². The van der Waals surface area contributed by atoms with Gasteiger partial charge in [0, 0.05) is 48.9 Å². The van der Waals surface area contributed by atoms with E-state index in [0.717, 1.165) is 12.8 Å². The molecule has 3 heteroatoms. The summed E-state index contributed by atoms with van der Waals surface area (Å²) in [6, 6.07) is 0. The number of carboxylic acid groups (broad SMARTS) is 1. The first-order valence-corrected chi connectivity index (χ1v) is 2.03. The molecule has 1 rings (SSSR count). The Bertz CT molecular complexity index is 77.8. The molecule has 0 saturated heterocycles. The summed E-state index contributed by atoms with van der Waals surface area (Å²) < 4.78 is 0. The van der Waals surface area contributed by atoms with Gasteiger partial charge in [-0.05, 0) is 12.8 Å². The van der Waals surface area contributed by atoms with Gasteiger partial charge in [0.25, 0.3) is 0 Å². The zero-order valence-corrected chi connectivity index (χ0v) is 8.49. The third-order valence-corrected chi connectivity index (χ3v) is 0.927. The molecule has 1 aliphatic carbocycles. The number of carboxylic acids is 1. The molecule has 0 aromatic rings. The second-order valence-electron chi connectivity index (χ2n) is 1.61. The summed E-state index contributed by atoms with van der Waals surface area (Å²) in [7, 11) is 0. The first-order valence-electron chi connectivity index (χ1n) is 2.03. The third kappa shape index (κ3) is 2.77. The summed E-state index contributed by atoms with van der Waals surface area (Å²) in [4.78, 5) is 9.76. The predicted molar refractivity (Wildman–Crippen MR) is 26.1 cm³/mol. The van der Waals surface area contributed by atoms with Gasteiger partial charge in [0.2, 0.25) is 0 Å². The molecule has 0 aromatic carbocycles. The molecule has 0 unspecified atom stereocenters. The van der Waals surface area contributed by atoms with E-state index in [2.05, 4.69) is 0 Å². The van der Waals surface area contributed by atoms with E-state index in [1.807, 2.05) is 0 Å². The second-order valence-corrected chi connectivity index (χ2v) is 1.61. The molecule has 0 aliphatic heterocycles. The van der Waals surface area contributed by atoms with E-state index < -0.39 is 5.97 Å². The molecule has 0 aromatic heterocycles. The van der Waals surface area contributed by atoms with Crippen LogP contribution in [0.5, 0.6) is 0 Å². The van der Waals surface area contributed by atoms with Gasteiger partial charge in [-0.2, -0.15) is 0 Å². The topological polar surface area (TPSA) is 37.3 Å². The number of aliphatic carboxylic acids is 1. The largest absolute Gasteiger partial charge is 0.481 e. The van der Waals surface area contributed by atoms with Crippen LogP contribution in [0.3, 0.4) is 0 Å². The van der Waals surface area contributed by atoms with Crippen LogP contribution in [0.15, 0.2) is 0 Å². The number of hydrogen-bond donors (Lipinski definition) is 1. The molecule has 36 valence electrons. The summed E-state index contributed by atoms with van der Waals surface area (Å²) in [5.41, 5.74) is 0. The van der Waals surface area contributed by atoms with Gasteiger partial charge in [0.15, 0.2) is 0 Å². The zero-order valence-electron chi connectivity index (χ0n) is 4.05. The molecule has 2 radical (unpaired) electrons. The Morgan fingerprint density at radius 3 is 2.00 bits per heavy atom. The first-order chi connectivity index (χ1) is 2.80. The van der Waals surface area contributed by atoms with Crippen LogP contribution >= 0.6 is 0 Å². The van der Waals surface area contributed by atoms with Crippen LogP contribution in [0.25, 0.3) is 0 Å². The van der Waals surface area contributed by atoms with Crippen molar-refractivity contribution in [1.82, 2.24) is 0 Å². The summed E-state index contributed by atoms with van der Waals surface area (Å²) >= 11 is 0. The van der Waals surface area contributed by atoms with E-state index in [1.165, 1.54) is 0 Å². The average Bonchev–Trinajstić information content (AvgIpc) is 2.06. The molecule has 0 bridgehead atoms. The summed E-state index contributed by atoms with van der Waals surface area (Å²) in [5, 5.41) is 8.05. The van der Waals surface area contributed by atoms with Crippen LogP contribution in [0.2, 0.25) is 0 Å². The van der Waals surface area contributed by atoms with Gasteiger partial charge in [-0.25, -0.2) is 0 Å². The van der Waals surface area contributed by atoms with Gasteiger partial charge in [-0.1, -0.05) is 0 Å². The molecule has 0 atom stereocenters. The molecule has 1 fully saturated rings. The smallest absolute Gasteiger partial charge is 0.306 e. The van der Waals surface area contributed by atoms with Gasteiger partial charge < -0.3 is 5.11 Å². The maximum Gasteiger partial charge on any atom is 0.306 e. The Morgan fingerprint density at radius 2 is 2.00 bits per heavy atom. The van der Waals surface area contributed by atoms with Crippen molar-refractivity contribution < 1.29 is 9.90 Å². The number of hydrogen-bond acceptors (Lipinski definition) is 1. The fourth-order valence-electron chi connectivity index (χ4n) is 0.330. The van der Waals surface area contributed by atoms with Crippen LogP contribution in [-0.4, -0.2) is 60.0 Å². The molecule has 0 spiro atoms. The molecule has 0 heterocycles. The van der Waals surface area contributed by atoms with E-state index in [9.17, 15) is 4.79 Å². The Hall–Kier alpha value is 1.04. The minimum atomic E-state index is -0.630. The third-order valence-electron chi connectivity index (χ3n) is 0.927. The van der Waals surface area contributed by atoms with Gasteiger partial charge >= 0.3 is 5.97 Å². The van der Waals surface area contributed by atoms with Crippen molar-refractivity contribution in [3.63, 3.8) is 0 Å². The standard InChI is InChI=1S/C4H6O2.Ba/c5-4(6)3-1-2-3;/h3H,1-2H2,(H,5,6);. The number of carbonyl (C=O) groups is 1. The van der Waals surface area contributed by atoms with E-state index >= 15 is 0 Å². The van der Waals surface area contributed by atoms with Gasteiger partial charge in [-0.3, -0.25) is 4.79 Å². The van der Waals surface area contributed by atoms with Crippen molar-refractivity contribution in [3.8, 4) is 0 Å². The fraction of sp³-hybridized carbons (Fsp3) is 0.750. The molecular formula is C4H6BaO2. The maximum absolute atomic E-state index is 9.76. The molecule has 1 aliphatic rings. The predicted octanol–water partition coefficient (Wildman–Crippen LogP) is 0.100. The Balaban J connectivity index is 0.000000360. The normalized spacial score (nSPS) is 17.7. The number of rotatable bonds is 1. The van der Waals surface area contributed by atoms with E-state index in [-0.39, 0.29) is 54.8 Å². The van der Waals surface area contributed by atoms with Crippen molar-refractivity contribution >= 4 is 54.9 Å². The quantitative estimate of drug-likeness (QED) is 0.640. The Kier molecular flexibility index (Phi) is 3.61. The van der Waals surface area contributed by atoms with Crippen LogP contribution in [-0.2, 0) is 4.79 Å². The Labute approximate surface area is 82.4 Å². The van der Waals surface area contributed by atoms with Crippen molar-refractivity contribution in [2.24, 2.45) is 5.92 Å². The molecule has 2 nitrogen and oxygen atoms in total. The molecule has 7 heavy (non-hydrogen) atoms. The zero-order chi connectivity index (χ0) is 4.57. The van der Waals surface area contributed by atoms with Crippen LogP contribution in [0.4, 0.5) is 0 Å². The van der Waals surface area contributed by atoms with Crippen molar-refractivity contribution in [1.29, 1.82) is 0 Å². The minimum Gasteiger partial charge on any atom is -0.481 e. The van der Waals surface area contributed by atoms with Gasteiger partial charge in [0.05, 0.1) is 5.92 Å². The Morgan fingerprint density at radius 1 is 1.57 bits per heavy atom. The second kappa shape index (κ2) is 3.14. The maximum atomic E-state index is 9.76. The van der Waals surface area contributed by atoms with Gasteiger partial charge in [-0.15, -0.1) is 0 Å². The SMILES string of the molecule is O=C(O)C1CC1.[Ba]. The van der Waals surface area contributed by atoms with Crippen LogP contribution in [0.1, 0.15) is 12.8 Å². The fourth-order valence-corrected chi connectivity index (χ4v) is 0.330. The molecule has 1 saturated carbocycles. The van der Waals surface area contributed by atoms with Gasteiger partial charge in [0.1, 0.15) is 0 Å². The molecular weight excluding hydrogens is 217 g/mol. The first kappa shape index (κ1) is 8.04. The van der Waals surface area contributed by atoms with Crippen molar-refractivity contribution in [2.75, 3.05) is 0 Å². The average molecular weight is 223 g/mol. The van der Waals surface area contributed by atoms with Crippen LogP contribution < -0.4 is 0 Å². The summed E-state index contributed by atoms with van der Waals surface area (Å²) in [6.45, 7) is 0. The minimum absolute atomic E-state index is 0. The van der Waals surface area contributed by atoms with Crippen LogP contribution in [0, 0.1) is 5.92 Å². The van der Waals surface area contributed by atoms with Crippen molar-refractivity contribution in [3.05, 3.63) is 0 Å². The summed E-state index contributed by atoms with van der Waals surface area (Å²) in [5.74, 6) is -0.611. The summed E-state index contributed by atoms with van der Waals surface area (Å²) in [6.07, 6.45) is 1.80. The van der Waals surface area contributed by atoms with Crippen molar-refractivity contribution in [2.45, 2.75) is 12.8 Å². The monoisotopic (exact) mass is 224 g/mol. The van der Waals surface area contributed by atoms with E-state index in [4.69, 9.17) is 5.11 Å². The molecule has 1 N–H and O–H groups in total. The molecule has 0 amide bonds.